The van der Waals surface area contributed by atoms with Crippen molar-refractivity contribution in [1.82, 2.24) is 5.32 Å². The summed E-state index contributed by atoms with van der Waals surface area (Å²) in [4.78, 5) is 11.5. The van der Waals surface area contributed by atoms with Gasteiger partial charge in [-0.1, -0.05) is 0 Å². The molecule has 4 heteroatoms. The van der Waals surface area contributed by atoms with Crippen molar-refractivity contribution in [2.24, 2.45) is 5.92 Å². The van der Waals surface area contributed by atoms with Gasteiger partial charge in [-0.15, -0.1) is 0 Å². The van der Waals surface area contributed by atoms with Gasteiger partial charge >= 0.3 is 5.97 Å². The maximum Gasteiger partial charge on any atom is 0.324 e. The predicted octanol–water partition coefficient (Wildman–Crippen LogP) is 1.73. The zero-order chi connectivity index (χ0) is 10.7. The second-order valence-electron chi connectivity index (χ2n) is 4.55. The Kier molecular flexibility index (Phi) is 3.57. The monoisotopic (exact) mass is 229 g/mol. The van der Waals surface area contributed by atoms with E-state index in [-0.39, 0.29) is 0 Å². The van der Waals surface area contributed by atoms with Crippen LogP contribution in [0.15, 0.2) is 0 Å². The lowest BCUT2D eigenvalue weighted by molar-refractivity contribution is -0.149. The Morgan fingerprint density at radius 2 is 2.07 bits per heavy atom. The van der Waals surface area contributed by atoms with Crippen molar-refractivity contribution in [3.63, 3.8) is 0 Å². The molecule has 0 aromatic carbocycles. The molecule has 2 aliphatic heterocycles. The van der Waals surface area contributed by atoms with E-state index in [2.05, 4.69) is 5.32 Å². The zero-order valence-electron chi connectivity index (χ0n) is 9.00. The highest BCUT2D eigenvalue weighted by molar-refractivity contribution is 7.99. The quantitative estimate of drug-likeness (QED) is 0.757. The SMILES string of the molecule is O=C(O)C1(C2CCSCC2)CCCCN1. The second kappa shape index (κ2) is 4.74. The Morgan fingerprint density at radius 3 is 2.60 bits per heavy atom. The van der Waals surface area contributed by atoms with Gasteiger partial charge < -0.3 is 10.4 Å². The van der Waals surface area contributed by atoms with E-state index in [1.807, 2.05) is 11.8 Å². The average molecular weight is 229 g/mol. The molecule has 2 heterocycles. The molecule has 0 bridgehead atoms. The molecule has 2 fully saturated rings. The summed E-state index contributed by atoms with van der Waals surface area (Å²) in [5.74, 6) is 1.97. The Labute approximate surface area is 95.0 Å². The van der Waals surface area contributed by atoms with Crippen molar-refractivity contribution in [3.05, 3.63) is 0 Å². The third kappa shape index (κ3) is 2.16. The van der Waals surface area contributed by atoms with Gasteiger partial charge in [-0.05, 0) is 56.1 Å². The number of rotatable bonds is 2. The summed E-state index contributed by atoms with van der Waals surface area (Å²) in [5, 5.41) is 12.8. The summed E-state index contributed by atoms with van der Waals surface area (Å²) in [6.45, 7) is 0.871. The van der Waals surface area contributed by atoms with Gasteiger partial charge in [0.05, 0.1) is 0 Å². The second-order valence-corrected chi connectivity index (χ2v) is 5.77. The molecule has 2 aliphatic rings. The van der Waals surface area contributed by atoms with Gasteiger partial charge in [0.15, 0.2) is 0 Å². The van der Waals surface area contributed by atoms with Crippen LogP contribution in [0.5, 0.6) is 0 Å². The minimum absolute atomic E-state index is 0.344. The van der Waals surface area contributed by atoms with Crippen molar-refractivity contribution in [2.45, 2.75) is 37.6 Å². The van der Waals surface area contributed by atoms with Crippen LogP contribution < -0.4 is 5.32 Å². The standard InChI is InChI=1S/C11H19NO2S/c13-10(14)11(5-1-2-6-12-11)9-3-7-15-8-4-9/h9,12H,1-8H2,(H,13,14). The van der Waals surface area contributed by atoms with Crippen LogP contribution in [0, 0.1) is 5.92 Å². The molecule has 0 saturated carbocycles. The predicted molar refractivity (Wildman–Crippen MR) is 62.3 cm³/mol. The van der Waals surface area contributed by atoms with Crippen molar-refractivity contribution >= 4 is 17.7 Å². The van der Waals surface area contributed by atoms with Crippen LogP contribution in [-0.4, -0.2) is 34.7 Å². The summed E-state index contributed by atoms with van der Waals surface area (Å²) in [6.07, 6.45) is 5.12. The molecule has 1 atom stereocenters. The van der Waals surface area contributed by atoms with E-state index in [9.17, 15) is 9.90 Å². The van der Waals surface area contributed by atoms with Crippen molar-refractivity contribution in [1.29, 1.82) is 0 Å². The van der Waals surface area contributed by atoms with Crippen LogP contribution in [0.1, 0.15) is 32.1 Å². The van der Waals surface area contributed by atoms with Crippen molar-refractivity contribution in [3.8, 4) is 0 Å². The van der Waals surface area contributed by atoms with Crippen molar-refractivity contribution in [2.75, 3.05) is 18.1 Å². The first-order valence-electron chi connectivity index (χ1n) is 5.82. The lowest BCUT2D eigenvalue weighted by atomic mass is 9.75. The van der Waals surface area contributed by atoms with E-state index in [0.29, 0.717) is 5.92 Å². The van der Waals surface area contributed by atoms with Crippen LogP contribution in [0.4, 0.5) is 0 Å². The molecular weight excluding hydrogens is 210 g/mol. The number of carbonyl (C=O) groups is 1. The van der Waals surface area contributed by atoms with Crippen LogP contribution in [0.3, 0.4) is 0 Å². The Hall–Kier alpha value is -0.220. The van der Waals surface area contributed by atoms with E-state index in [1.54, 1.807) is 0 Å². The zero-order valence-corrected chi connectivity index (χ0v) is 9.81. The molecular formula is C11H19NO2S. The van der Waals surface area contributed by atoms with Crippen molar-refractivity contribution < 1.29 is 9.90 Å². The third-order valence-corrected chi connectivity index (χ3v) is 4.79. The normalized spacial score (nSPS) is 33.9. The summed E-state index contributed by atoms with van der Waals surface area (Å²) in [7, 11) is 0. The number of hydrogen-bond donors (Lipinski definition) is 2. The first kappa shape index (κ1) is 11.3. The van der Waals surface area contributed by atoms with Crippen LogP contribution in [0.2, 0.25) is 0 Å². The highest BCUT2D eigenvalue weighted by Gasteiger charge is 2.46. The molecule has 2 rings (SSSR count). The van der Waals surface area contributed by atoms with Gasteiger partial charge in [0, 0.05) is 0 Å². The van der Waals surface area contributed by atoms with Gasteiger partial charge in [-0.3, -0.25) is 4.79 Å². The van der Waals surface area contributed by atoms with E-state index in [1.165, 1.54) is 0 Å². The molecule has 15 heavy (non-hydrogen) atoms. The fourth-order valence-electron chi connectivity index (χ4n) is 2.82. The summed E-state index contributed by atoms with van der Waals surface area (Å²) < 4.78 is 0. The maximum atomic E-state index is 11.5. The number of carboxylic acids is 1. The summed E-state index contributed by atoms with van der Waals surface area (Å²) in [6, 6.07) is 0. The Bertz CT molecular complexity index is 233. The molecule has 0 spiro atoms. The molecule has 2 N–H and O–H groups in total. The minimum Gasteiger partial charge on any atom is -0.480 e. The smallest absolute Gasteiger partial charge is 0.324 e. The van der Waals surface area contributed by atoms with Crippen LogP contribution in [0.25, 0.3) is 0 Å². The topological polar surface area (TPSA) is 49.3 Å². The first-order chi connectivity index (χ1) is 7.26. The molecule has 0 aromatic heterocycles. The summed E-state index contributed by atoms with van der Waals surface area (Å²) in [5.41, 5.74) is -0.598. The number of aliphatic carboxylic acids is 1. The minimum atomic E-state index is -0.626. The van der Waals surface area contributed by atoms with Gasteiger partial charge in [0.2, 0.25) is 0 Å². The Morgan fingerprint density at radius 1 is 1.33 bits per heavy atom. The van der Waals surface area contributed by atoms with Gasteiger partial charge in [-0.25, -0.2) is 0 Å². The molecule has 1 unspecified atom stereocenters. The molecule has 3 nitrogen and oxygen atoms in total. The fraction of sp³-hybridized carbons (Fsp3) is 0.909. The number of carboxylic acid groups (broad SMARTS) is 1. The largest absolute Gasteiger partial charge is 0.480 e. The molecule has 86 valence electrons. The van der Waals surface area contributed by atoms with Crippen LogP contribution >= 0.6 is 11.8 Å². The highest BCUT2D eigenvalue weighted by Crippen LogP contribution is 2.36. The van der Waals surface area contributed by atoms with E-state index >= 15 is 0 Å². The average Bonchev–Trinajstić information content (AvgIpc) is 2.31. The molecule has 0 aliphatic carbocycles. The number of hydrogen-bond acceptors (Lipinski definition) is 3. The molecule has 0 amide bonds. The lowest BCUT2D eigenvalue weighted by Gasteiger charge is -2.42. The van der Waals surface area contributed by atoms with Crippen LogP contribution in [-0.2, 0) is 4.79 Å². The van der Waals surface area contributed by atoms with E-state index in [4.69, 9.17) is 0 Å². The van der Waals surface area contributed by atoms with Gasteiger partial charge in [0.1, 0.15) is 5.54 Å². The number of piperidine rings is 1. The Balaban J connectivity index is 2.12. The summed E-state index contributed by atoms with van der Waals surface area (Å²) >= 11 is 1.95. The number of nitrogens with one attached hydrogen (secondary N) is 1. The van der Waals surface area contributed by atoms with E-state index < -0.39 is 11.5 Å². The third-order valence-electron chi connectivity index (χ3n) is 3.74. The molecule has 2 saturated heterocycles. The number of thioether (sulfide) groups is 1. The van der Waals surface area contributed by atoms with E-state index in [0.717, 1.165) is 50.2 Å². The fourth-order valence-corrected chi connectivity index (χ4v) is 3.93. The van der Waals surface area contributed by atoms with Gasteiger partial charge in [0.25, 0.3) is 0 Å². The highest BCUT2D eigenvalue weighted by atomic mass is 32.2. The van der Waals surface area contributed by atoms with Gasteiger partial charge in [-0.2, -0.15) is 11.8 Å². The maximum absolute atomic E-state index is 11.5. The first-order valence-corrected chi connectivity index (χ1v) is 6.97. The molecule has 0 radical (unpaired) electrons. The molecule has 0 aromatic rings. The lowest BCUT2D eigenvalue weighted by Crippen LogP contribution is -2.60.